The summed E-state index contributed by atoms with van der Waals surface area (Å²) in [5.41, 5.74) is 2.23. The SMILES string of the molecule is Cl.OC[C@H]1N[C@@H](c2c[nH]c3cncnc23)[C@H](O)[C@@H]1O. The summed E-state index contributed by atoms with van der Waals surface area (Å²) in [5.74, 6) is 0. The van der Waals surface area contributed by atoms with Crippen LogP contribution in [-0.2, 0) is 0 Å². The van der Waals surface area contributed by atoms with Gasteiger partial charge in [0.1, 0.15) is 12.4 Å². The van der Waals surface area contributed by atoms with Crippen LogP contribution in [0.1, 0.15) is 11.6 Å². The number of aromatic amines is 1. The predicted octanol–water partition coefficient (Wildman–Crippen LogP) is -0.893. The molecule has 0 unspecified atom stereocenters. The molecular weight excluding hydrogens is 272 g/mol. The van der Waals surface area contributed by atoms with Gasteiger partial charge in [0, 0.05) is 11.8 Å². The third kappa shape index (κ3) is 2.19. The Morgan fingerprint density at radius 2 is 2.05 bits per heavy atom. The summed E-state index contributed by atoms with van der Waals surface area (Å²) in [4.78, 5) is 11.1. The van der Waals surface area contributed by atoms with Crippen molar-refractivity contribution >= 4 is 23.4 Å². The van der Waals surface area contributed by atoms with E-state index in [4.69, 9.17) is 5.11 Å². The Morgan fingerprint density at radius 1 is 1.26 bits per heavy atom. The van der Waals surface area contributed by atoms with Gasteiger partial charge in [-0.25, -0.2) is 9.97 Å². The first-order chi connectivity index (χ1) is 8.72. The van der Waals surface area contributed by atoms with Crippen molar-refractivity contribution in [3.8, 4) is 0 Å². The molecule has 1 aliphatic rings. The fraction of sp³-hybridized carbons (Fsp3) is 0.455. The van der Waals surface area contributed by atoms with Gasteiger partial charge in [0.15, 0.2) is 0 Å². The third-order valence-corrected chi connectivity index (χ3v) is 3.40. The molecule has 1 aliphatic heterocycles. The van der Waals surface area contributed by atoms with Crippen LogP contribution < -0.4 is 5.32 Å². The fourth-order valence-electron chi connectivity index (χ4n) is 2.42. The first-order valence-electron chi connectivity index (χ1n) is 5.72. The lowest BCUT2D eigenvalue weighted by Gasteiger charge is -2.14. The Labute approximate surface area is 115 Å². The molecule has 0 amide bonds. The van der Waals surface area contributed by atoms with E-state index in [1.807, 2.05) is 0 Å². The van der Waals surface area contributed by atoms with E-state index < -0.39 is 24.3 Å². The normalized spacial score (nSPS) is 30.5. The van der Waals surface area contributed by atoms with Crippen LogP contribution in [0.3, 0.4) is 0 Å². The number of H-pyrrole nitrogens is 1. The first-order valence-corrected chi connectivity index (χ1v) is 5.72. The smallest absolute Gasteiger partial charge is 0.116 e. The van der Waals surface area contributed by atoms with Gasteiger partial charge in [0.25, 0.3) is 0 Å². The summed E-state index contributed by atoms with van der Waals surface area (Å²) < 4.78 is 0. The van der Waals surface area contributed by atoms with Crippen LogP contribution in [0.5, 0.6) is 0 Å². The third-order valence-electron chi connectivity index (χ3n) is 3.40. The summed E-state index contributed by atoms with van der Waals surface area (Å²) in [7, 11) is 0. The van der Waals surface area contributed by atoms with E-state index in [0.29, 0.717) is 5.52 Å². The lowest BCUT2D eigenvalue weighted by molar-refractivity contribution is 0.0196. The van der Waals surface area contributed by atoms with Gasteiger partial charge in [-0.05, 0) is 0 Å². The van der Waals surface area contributed by atoms with E-state index in [9.17, 15) is 10.2 Å². The van der Waals surface area contributed by atoms with Crippen LogP contribution in [0.4, 0.5) is 0 Å². The van der Waals surface area contributed by atoms with E-state index in [-0.39, 0.29) is 19.0 Å². The summed E-state index contributed by atoms with van der Waals surface area (Å²) in [6, 6.07) is -0.988. The van der Waals surface area contributed by atoms with E-state index in [0.717, 1.165) is 11.1 Å². The van der Waals surface area contributed by atoms with Gasteiger partial charge in [0.2, 0.25) is 0 Å². The number of nitrogens with zero attached hydrogens (tertiary/aromatic N) is 2. The van der Waals surface area contributed by atoms with Gasteiger partial charge in [0.05, 0.1) is 42.0 Å². The number of aliphatic hydroxyl groups excluding tert-OH is 3. The Kier molecular flexibility index (Phi) is 4.02. The van der Waals surface area contributed by atoms with Crippen molar-refractivity contribution in [2.75, 3.05) is 6.61 Å². The molecule has 0 aliphatic carbocycles. The van der Waals surface area contributed by atoms with Gasteiger partial charge in [-0.1, -0.05) is 0 Å². The highest BCUT2D eigenvalue weighted by Gasteiger charge is 2.42. The molecule has 0 spiro atoms. The minimum Gasteiger partial charge on any atom is -0.395 e. The molecule has 0 bridgehead atoms. The standard InChI is InChI=1S/C11H14N4O3.ClH/c16-3-7-10(17)11(18)9(15-7)5-1-13-6-2-12-4-14-8(5)6;/h1-2,4,7,9-11,13,15-18H,3H2;1H/t7-,9+,10-,11+;/m1./s1. The Bertz CT molecular complexity index is 564. The van der Waals surface area contributed by atoms with Crippen molar-refractivity contribution in [3.05, 3.63) is 24.3 Å². The van der Waals surface area contributed by atoms with Crippen LogP contribution >= 0.6 is 12.4 Å². The van der Waals surface area contributed by atoms with E-state index in [1.165, 1.54) is 6.33 Å². The molecule has 4 atom stereocenters. The predicted molar refractivity (Wildman–Crippen MR) is 69.9 cm³/mol. The Morgan fingerprint density at radius 3 is 2.74 bits per heavy atom. The Balaban J connectivity index is 0.00000133. The molecule has 8 heteroatoms. The molecule has 5 N–H and O–H groups in total. The van der Waals surface area contributed by atoms with E-state index >= 15 is 0 Å². The molecule has 7 nitrogen and oxygen atoms in total. The maximum absolute atomic E-state index is 10.0. The molecule has 19 heavy (non-hydrogen) atoms. The van der Waals surface area contributed by atoms with Crippen molar-refractivity contribution in [3.63, 3.8) is 0 Å². The summed E-state index contributed by atoms with van der Waals surface area (Å²) in [6.45, 7) is -0.230. The summed E-state index contributed by atoms with van der Waals surface area (Å²) in [5, 5.41) is 31.9. The molecule has 0 saturated carbocycles. The lowest BCUT2D eigenvalue weighted by atomic mass is 10.0. The minimum absolute atomic E-state index is 0. The lowest BCUT2D eigenvalue weighted by Crippen LogP contribution is -2.35. The first kappa shape index (κ1) is 14.2. The fourth-order valence-corrected chi connectivity index (χ4v) is 2.42. The van der Waals surface area contributed by atoms with Crippen molar-refractivity contribution in [1.82, 2.24) is 20.3 Å². The average Bonchev–Trinajstić information content (AvgIpc) is 2.93. The molecule has 0 aromatic carbocycles. The second-order valence-electron chi connectivity index (χ2n) is 4.44. The number of aromatic nitrogens is 3. The van der Waals surface area contributed by atoms with Crippen LogP contribution in [0.15, 0.2) is 18.7 Å². The quantitative estimate of drug-likeness (QED) is 0.489. The number of hydrogen-bond donors (Lipinski definition) is 5. The molecule has 3 rings (SSSR count). The average molecular weight is 287 g/mol. The van der Waals surface area contributed by atoms with Crippen molar-refractivity contribution in [1.29, 1.82) is 0 Å². The van der Waals surface area contributed by atoms with Gasteiger partial charge in [-0.2, -0.15) is 0 Å². The molecule has 1 saturated heterocycles. The summed E-state index contributed by atoms with van der Waals surface area (Å²) >= 11 is 0. The molecule has 2 aromatic rings. The number of nitrogens with one attached hydrogen (secondary N) is 2. The van der Waals surface area contributed by atoms with Crippen LogP contribution in [0.2, 0.25) is 0 Å². The summed E-state index contributed by atoms with van der Waals surface area (Å²) in [6.07, 6.45) is 2.84. The van der Waals surface area contributed by atoms with E-state index in [1.54, 1.807) is 12.4 Å². The highest BCUT2D eigenvalue weighted by atomic mass is 35.5. The second kappa shape index (κ2) is 5.40. The highest BCUT2D eigenvalue weighted by molar-refractivity contribution is 5.85. The zero-order valence-electron chi connectivity index (χ0n) is 9.89. The maximum Gasteiger partial charge on any atom is 0.116 e. The zero-order chi connectivity index (χ0) is 12.7. The van der Waals surface area contributed by atoms with E-state index in [2.05, 4.69) is 20.3 Å². The monoisotopic (exact) mass is 286 g/mol. The highest BCUT2D eigenvalue weighted by Crippen LogP contribution is 2.31. The largest absolute Gasteiger partial charge is 0.395 e. The molecule has 3 heterocycles. The van der Waals surface area contributed by atoms with Gasteiger partial charge < -0.3 is 25.6 Å². The topological polar surface area (TPSA) is 114 Å². The molecule has 0 radical (unpaired) electrons. The van der Waals surface area contributed by atoms with Crippen LogP contribution in [-0.4, -0.2) is 55.1 Å². The van der Waals surface area contributed by atoms with Crippen LogP contribution in [0, 0.1) is 0 Å². The molecule has 2 aromatic heterocycles. The van der Waals surface area contributed by atoms with Crippen LogP contribution in [0.25, 0.3) is 11.0 Å². The number of aliphatic hydroxyl groups is 3. The second-order valence-corrected chi connectivity index (χ2v) is 4.44. The number of halogens is 1. The molecule has 1 fully saturated rings. The van der Waals surface area contributed by atoms with Crippen molar-refractivity contribution < 1.29 is 15.3 Å². The Hall–Kier alpha value is -1.25. The van der Waals surface area contributed by atoms with Gasteiger partial charge in [-0.15, -0.1) is 12.4 Å². The maximum atomic E-state index is 10.0. The minimum atomic E-state index is -0.994. The molecule has 104 valence electrons. The van der Waals surface area contributed by atoms with Crippen molar-refractivity contribution in [2.45, 2.75) is 24.3 Å². The molecular formula is C11H15ClN4O3. The number of hydrogen-bond acceptors (Lipinski definition) is 6. The van der Waals surface area contributed by atoms with Crippen molar-refractivity contribution in [2.24, 2.45) is 0 Å². The van der Waals surface area contributed by atoms with Gasteiger partial charge in [-0.3, -0.25) is 0 Å². The number of rotatable bonds is 2. The van der Waals surface area contributed by atoms with Gasteiger partial charge >= 0.3 is 0 Å². The zero-order valence-corrected chi connectivity index (χ0v) is 10.7. The number of fused-ring (bicyclic) bond motifs is 1.